The summed E-state index contributed by atoms with van der Waals surface area (Å²) in [5.41, 5.74) is 0. The van der Waals surface area contributed by atoms with Crippen LogP contribution in [0, 0.1) is 0 Å². The highest BCUT2D eigenvalue weighted by Crippen LogP contribution is 2.23. The molecule has 0 saturated carbocycles. The lowest BCUT2D eigenvalue weighted by atomic mass is 10.1. The van der Waals surface area contributed by atoms with Crippen LogP contribution in [0.25, 0.3) is 0 Å². The van der Waals surface area contributed by atoms with Gasteiger partial charge in [-0.2, -0.15) is 0 Å². The number of carbonyl (C=O) groups is 2. The lowest BCUT2D eigenvalue weighted by Gasteiger charge is -2.18. The molecule has 1 fully saturated rings. The Balaban J connectivity index is 2.06. The number of carbonyl (C=O) groups excluding carboxylic acids is 2. The molecule has 0 N–H and O–H groups in total. The topological polar surface area (TPSA) is 52.6 Å². The van der Waals surface area contributed by atoms with Crippen LogP contribution in [0.15, 0.2) is 17.5 Å². The number of rotatable bonds is 1. The first-order chi connectivity index (χ1) is 7.25. The Morgan fingerprint density at radius 3 is 2.40 bits per heavy atom. The van der Waals surface area contributed by atoms with Crippen molar-refractivity contribution in [3.63, 3.8) is 0 Å². The normalized spacial score (nSPS) is 18.9. The molecule has 2 heterocycles. The van der Waals surface area contributed by atoms with Crippen molar-refractivity contribution in [2.75, 3.05) is 13.2 Å². The molecule has 2 rings (SSSR count). The highest BCUT2D eigenvalue weighted by Gasteiger charge is 2.22. The summed E-state index contributed by atoms with van der Waals surface area (Å²) >= 11 is 1.57. The first-order valence-corrected chi connectivity index (χ1v) is 5.48. The average Bonchev–Trinajstić information content (AvgIpc) is 2.68. The Kier molecular flexibility index (Phi) is 3.01. The molecule has 0 radical (unpaired) electrons. The second-order valence-electron chi connectivity index (χ2n) is 3.26. The van der Waals surface area contributed by atoms with Gasteiger partial charge in [-0.05, 0) is 11.4 Å². The van der Waals surface area contributed by atoms with Gasteiger partial charge in [0.2, 0.25) is 0 Å². The molecule has 0 spiro atoms. The zero-order valence-corrected chi connectivity index (χ0v) is 8.79. The van der Waals surface area contributed by atoms with E-state index in [4.69, 9.17) is 9.47 Å². The number of cyclic esters (lactones) is 2. The smallest absolute Gasteiger partial charge is 0.317 e. The van der Waals surface area contributed by atoms with Crippen LogP contribution in [-0.2, 0) is 19.1 Å². The second kappa shape index (κ2) is 4.44. The number of thiophene rings is 1. The molecule has 0 aromatic carbocycles. The fraction of sp³-hybridized carbons (Fsp3) is 0.400. The third kappa shape index (κ3) is 2.56. The summed E-state index contributed by atoms with van der Waals surface area (Å²) in [6.07, 6.45) is -0.281. The van der Waals surface area contributed by atoms with E-state index in [0.29, 0.717) is 0 Å². The van der Waals surface area contributed by atoms with E-state index in [9.17, 15) is 9.59 Å². The van der Waals surface area contributed by atoms with Crippen LogP contribution in [0.5, 0.6) is 0 Å². The maximum Gasteiger partial charge on any atom is 0.317 e. The van der Waals surface area contributed by atoms with Crippen LogP contribution >= 0.6 is 11.3 Å². The van der Waals surface area contributed by atoms with Crippen molar-refractivity contribution in [3.8, 4) is 0 Å². The van der Waals surface area contributed by atoms with E-state index in [1.807, 2.05) is 17.5 Å². The van der Waals surface area contributed by atoms with Crippen molar-refractivity contribution in [2.24, 2.45) is 0 Å². The molecule has 1 aromatic rings. The van der Waals surface area contributed by atoms with Gasteiger partial charge < -0.3 is 9.47 Å². The summed E-state index contributed by atoms with van der Waals surface area (Å²) in [6, 6.07) is 3.86. The number of hydrogen-bond acceptors (Lipinski definition) is 5. The molecule has 1 aliphatic rings. The Morgan fingerprint density at radius 2 is 1.87 bits per heavy atom. The van der Waals surface area contributed by atoms with Crippen LogP contribution in [0.2, 0.25) is 0 Å². The first kappa shape index (κ1) is 10.2. The Bertz CT molecular complexity index is 340. The SMILES string of the molecule is O=C1CC(=O)OCC(c2cccs2)CO1. The fourth-order valence-corrected chi connectivity index (χ4v) is 2.14. The number of esters is 2. The third-order valence-electron chi connectivity index (χ3n) is 2.13. The summed E-state index contributed by atoms with van der Waals surface area (Å²) in [6.45, 7) is 0.569. The lowest BCUT2D eigenvalue weighted by molar-refractivity contribution is -0.159. The molecule has 0 atom stereocenters. The predicted octanol–water partition coefficient (Wildman–Crippen LogP) is 1.32. The quantitative estimate of drug-likeness (QED) is 0.535. The minimum absolute atomic E-state index is 0.0294. The molecule has 0 bridgehead atoms. The van der Waals surface area contributed by atoms with Gasteiger partial charge in [0.05, 0.1) is 5.92 Å². The lowest BCUT2D eigenvalue weighted by Crippen LogP contribution is -2.25. The Morgan fingerprint density at radius 1 is 1.20 bits per heavy atom. The first-order valence-electron chi connectivity index (χ1n) is 4.60. The molecule has 0 unspecified atom stereocenters. The van der Waals surface area contributed by atoms with Crippen LogP contribution in [0.4, 0.5) is 0 Å². The largest absolute Gasteiger partial charge is 0.464 e. The molecular formula is C10H10O4S. The molecular weight excluding hydrogens is 216 g/mol. The van der Waals surface area contributed by atoms with Crippen LogP contribution in [0.1, 0.15) is 17.2 Å². The molecule has 1 aliphatic heterocycles. The summed E-state index contributed by atoms with van der Waals surface area (Å²) in [7, 11) is 0. The highest BCUT2D eigenvalue weighted by molar-refractivity contribution is 7.10. The summed E-state index contributed by atoms with van der Waals surface area (Å²) in [5, 5.41) is 1.94. The van der Waals surface area contributed by atoms with Crippen LogP contribution < -0.4 is 0 Å². The van der Waals surface area contributed by atoms with Gasteiger partial charge in [0.1, 0.15) is 19.6 Å². The van der Waals surface area contributed by atoms with Crippen molar-refractivity contribution in [1.82, 2.24) is 0 Å². The van der Waals surface area contributed by atoms with Crippen molar-refractivity contribution in [3.05, 3.63) is 22.4 Å². The van der Waals surface area contributed by atoms with Gasteiger partial charge in [-0.15, -0.1) is 11.3 Å². The number of ether oxygens (including phenoxy) is 2. The van der Waals surface area contributed by atoms with E-state index in [1.165, 1.54) is 0 Å². The van der Waals surface area contributed by atoms with E-state index < -0.39 is 11.9 Å². The molecule has 0 aliphatic carbocycles. The fourth-order valence-electron chi connectivity index (χ4n) is 1.34. The highest BCUT2D eigenvalue weighted by atomic mass is 32.1. The predicted molar refractivity (Wildman–Crippen MR) is 53.6 cm³/mol. The standard InChI is InChI=1S/C10H10O4S/c11-9-4-10(12)14-6-7(5-13-9)8-2-1-3-15-8/h1-3,7H,4-6H2. The van der Waals surface area contributed by atoms with Gasteiger partial charge in [-0.25, -0.2) is 0 Å². The van der Waals surface area contributed by atoms with Gasteiger partial charge in [-0.3, -0.25) is 9.59 Å². The van der Waals surface area contributed by atoms with Crippen molar-refractivity contribution < 1.29 is 19.1 Å². The maximum absolute atomic E-state index is 11.0. The molecule has 15 heavy (non-hydrogen) atoms. The molecule has 1 aromatic heterocycles. The zero-order valence-electron chi connectivity index (χ0n) is 7.97. The van der Waals surface area contributed by atoms with Crippen LogP contribution in [0.3, 0.4) is 0 Å². The summed E-state index contributed by atoms with van der Waals surface area (Å²) in [4.78, 5) is 23.2. The monoisotopic (exact) mass is 226 g/mol. The second-order valence-corrected chi connectivity index (χ2v) is 4.23. The molecule has 1 saturated heterocycles. The molecule has 0 amide bonds. The van der Waals surface area contributed by atoms with Crippen molar-refractivity contribution in [1.29, 1.82) is 0 Å². The van der Waals surface area contributed by atoms with Gasteiger partial charge in [0.15, 0.2) is 0 Å². The van der Waals surface area contributed by atoms with E-state index >= 15 is 0 Å². The van der Waals surface area contributed by atoms with Crippen molar-refractivity contribution in [2.45, 2.75) is 12.3 Å². The summed E-state index contributed by atoms with van der Waals surface area (Å²) in [5.74, 6) is -1.05. The molecule has 4 nitrogen and oxygen atoms in total. The summed E-state index contributed by atoms with van der Waals surface area (Å²) < 4.78 is 9.91. The molecule has 5 heteroatoms. The number of hydrogen-bond donors (Lipinski definition) is 0. The zero-order chi connectivity index (χ0) is 10.7. The minimum atomic E-state index is -0.513. The van der Waals surface area contributed by atoms with Gasteiger partial charge >= 0.3 is 11.9 Å². The van der Waals surface area contributed by atoms with Crippen molar-refractivity contribution >= 4 is 23.3 Å². The third-order valence-corrected chi connectivity index (χ3v) is 3.16. The van der Waals surface area contributed by atoms with E-state index in [0.717, 1.165) is 4.88 Å². The minimum Gasteiger partial charge on any atom is -0.464 e. The maximum atomic E-state index is 11.0. The van der Waals surface area contributed by atoms with Gasteiger partial charge in [-0.1, -0.05) is 6.07 Å². The Labute approximate surface area is 90.8 Å². The van der Waals surface area contributed by atoms with E-state index in [2.05, 4.69) is 0 Å². The van der Waals surface area contributed by atoms with Gasteiger partial charge in [0, 0.05) is 4.88 Å². The Hall–Kier alpha value is -1.36. The average molecular weight is 226 g/mol. The van der Waals surface area contributed by atoms with Crippen LogP contribution in [-0.4, -0.2) is 25.2 Å². The molecule has 80 valence electrons. The van der Waals surface area contributed by atoms with E-state index in [1.54, 1.807) is 11.3 Å². The van der Waals surface area contributed by atoms with Gasteiger partial charge in [0.25, 0.3) is 0 Å². The van der Waals surface area contributed by atoms with E-state index in [-0.39, 0.29) is 25.6 Å².